The summed E-state index contributed by atoms with van der Waals surface area (Å²) < 4.78 is 4.88. The second-order valence-electron chi connectivity index (χ2n) is 2.89. The van der Waals surface area contributed by atoms with Crippen LogP contribution in [0.15, 0.2) is 41.2 Å². The minimum atomic E-state index is 0.853. The van der Waals surface area contributed by atoms with Gasteiger partial charge in [-0.15, -0.1) is 0 Å². The molecule has 3 heteroatoms. The second-order valence-corrected chi connectivity index (χ2v) is 2.89. The van der Waals surface area contributed by atoms with Crippen LogP contribution in [0.5, 0.6) is 0 Å². The van der Waals surface area contributed by atoms with Crippen molar-refractivity contribution in [3.8, 4) is 0 Å². The topological polar surface area (TPSA) is 38.9 Å². The van der Waals surface area contributed by atoms with Crippen LogP contribution in [0.3, 0.4) is 0 Å². The van der Waals surface area contributed by atoms with Crippen molar-refractivity contribution in [2.45, 2.75) is 0 Å². The summed E-state index contributed by atoms with van der Waals surface area (Å²) in [4.78, 5) is 4.28. The molecule has 0 atom stereocenters. The van der Waals surface area contributed by atoms with Gasteiger partial charge in [0, 0.05) is 11.6 Å². The molecule has 0 radical (unpaired) electrons. The van der Waals surface area contributed by atoms with E-state index in [2.05, 4.69) is 10.1 Å². The highest BCUT2D eigenvalue weighted by atomic mass is 16.5. The van der Waals surface area contributed by atoms with Gasteiger partial charge in [0.1, 0.15) is 11.8 Å². The van der Waals surface area contributed by atoms with Crippen molar-refractivity contribution in [3.05, 3.63) is 36.7 Å². The Balaban J connectivity index is 2.65. The highest BCUT2D eigenvalue weighted by Crippen LogP contribution is 2.21. The monoisotopic (exact) mass is 170 g/mol. The number of hydrogen-bond donors (Lipinski definition) is 0. The van der Waals surface area contributed by atoms with E-state index in [0.717, 1.165) is 21.8 Å². The third-order valence-electron chi connectivity index (χ3n) is 2.11. The van der Waals surface area contributed by atoms with Crippen LogP contribution in [0.1, 0.15) is 0 Å². The lowest BCUT2D eigenvalue weighted by atomic mass is 10.1. The molecular weight excluding hydrogens is 164 g/mol. The Kier molecular flexibility index (Phi) is 1.16. The van der Waals surface area contributed by atoms with Crippen LogP contribution in [0.4, 0.5) is 0 Å². The van der Waals surface area contributed by atoms with Crippen molar-refractivity contribution in [2.75, 3.05) is 0 Å². The van der Waals surface area contributed by atoms with Gasteiger partial charge in [0.05, 0.1) is 10.9 Å². The summed E-state index contributed by atoms with van der Waals surface area (Å²) in [5, 5.41) is 5.93. The Hall–Kier alpha value is -1.90. The lowest BCUT2D eigenvalue weighted by Gasteiger charge is -1.94. The minimum absolute atomic E-state index is 0.853. The van der Waals surface area contributed by atoms with Gasteiger partial charge in [0.15, 0.2) is 0 Å². The number of benzene rings is 1. The molecule has 0 aliphatic heterocycles. The first-order valence-corrected chi connectivity index (χ1v) is 4.03. The molecule has 0 amide bonds. The largest absolute Gasteiger partial charge is 0.363 e. The summed E-state index contributed by atoms with van der Waals surface area (Å²) in [7, 11) is 0. The van der Waals surface area contributed by atoms with Crippen LogP contribution in [-0.2, 0) is 0 Å². The van der Waals surface area contributed by atoms with Crippen LogP contribution in [-0.4, -0.2) is 10.1 Å². The summed E-state index contributed by atoms with van der Waals surface area (Å²) in [5.41, 5.74) is 1.80. The van der Waals surface area contributed by atoms with Gasteiger partial charge in [-0.2, -0.15) is 0 Å². The number of aromatic nitrogens is 2. The molecule has 0 aliphatic rings. The Bertz CT molecular complexity index is 571. The van der Waals surface area contributed by atoms with Crippen LogP contribution < -0.4 is 0 Å². The molecule has 2 aromatic heterocycles. The first kappa shape index (κ1) is 6.60. The molecule has 13 heavy (non-hydrogen) atoms. The molecule has 0 unspecified atom stereocenters. The van der Waals surface area contributed by atoms with E-state index in [4.69, 9.17) is 4.52 Å². The second kappa shape index (κ2) is 2.29. The van der Waals surface area contributed by atoms with E-state index in [1.54, 1.807) is 12.5 Å². The van der Waals surface area contributed by atoms with Crippen molar-refractivity contribution < 1.29 is 4.52 Å². The van der Waals surface area contributed by atoms with Crippen molar-refractivity contribution in [1.82, 2.24) is 10.1 Å². The van der Waals surface area contributed by atoms with Crippen LogP contribution >= 0.6 is 0 Å². The normalized spacial score (nSPS) is 11.1. The minimum Gasteiger partial charge on any atom is -0.363 e. The number of pyridine rings is 1. The summed E-state index contributed by atoms with van der Waals surface area (Å²) in [5.74, 6) is 0. The molecule has 0 saturated heterocycles. The molecule has 0 spiro atoms. The van der Waals surface area contributed by atoms with Crippen molar-refractivity contribution in [3.63, 3.8) is 0 Å². The standard InChI is InChI=1S/C10H6N2O/c1-2-7-3-4-9-8(6-13-12-9)10(7)11-5-1/h1-6H. The summed E-state index contributed by atoms with van der Waals surface area (Å²) >= 11 is 0. The zero-order valence-corrected chi connectivity index (χ0v) is 6.77. The third-order valence-corrected chi connectivity index (χ3v) is 2.11. The van der Waals surface area contributed by atoms with Gasteiger partial charge in [0.2, 0.25) is 0 Å². The maximum atomic E-state index is 4.88. The molecule has 0 aliphatic carbocycles. The quantitative estimate of drug-likeness (QED) is 0.520. The summed E-state index contributed by atoms with van der Waals surface area (Å²) in [6.07, 6.45) is 3.40. The van der Waals surface area contributed by atoms with Gasteiger partial charge in [0.25, 0.3) is 0 Å². The van der Waals surface area contributed by atoms with Crippen LogP contribution in [0, 0.1) is 0 Å². The molecule has 3 rings (SSSR count). The molecule has 3 nitrogen and oxygen atoms in total. The molecule has 0 N–H and O–H groups in total. The fourth-order valence-corrected chi connectivity index (χ4v) is 1.49. The fourth-order valence-electron chi connectivity index (χ4n) is 1.49. The Labute approximate surface area is 74.0 Å². The lowest BCUT2D eigenvalue weighted by molar-refractivity contribution is 0.428. The average molecular weight is 170 g/mol. The predicted octanol–water partition coefficient (Wildman–Crippen LogP) is 2.38. The highest BCUT2D eigenvalue weighted by Gasteiger charge is 2.02. The van der Waals surface area contributed by atoms with Crippen molar-refractivity contribution in [2.24, 2.45) is 0 Å². The zero-order chi connectivity index (χ0) is 8.67. The smallest absolute Gasteiger partial charge is 0.133 e. The van der Waals surface area contributed by atoms with E-state index in [1.165, 1.54) is 0 Å². The highest BCUT2D eigenvalue weighted by molar-refractivity contribution is 6.02. The SMILES string of the molecule is c1cnc2c(c1)ccc1nocc12. The first-order chi connectivity index (χ1) is 6.45. The number of nitrogens with zero attached hydrogens (tertiary/aromatic N) is 2. The van der Waals surface area contributed by atoms with Gasteiger partial charge in [-0.25, -0.2) is 0 Å². The summed E-state index contributed by atoms with van der Waals surface area (Å²) in [6.45, 7) is 0. The van der Waals surface area contributed by atoms with Gasteiger partial charge in [-0.1, -0.05) is 17.3 Å². The van der Waals surface area contributed by atoms with E-state index in [1.807, 2.05) is 24.3 Å². The average Bonchev–Trinajstić information content (AvgIpc) is 2.65. The number of hydrogen-bond acceptors (Lipinski definition) is 3. The molecule has 0 bridgehead atoms. The Morgan fingerprint density at radius 3 is 3.15 bits per heavy atom. The van der Waals surface area contributed by atoms with E-state index < -0.39 is 0 Å². The number of rotatable bonds is 0. The summed E-state index contributed by atoms with van der Waals surface area (Å²) in [6, 6.07) is 7.87. The van der Waals surface area contributed by atoms with E-state index in [9.17, 15) is 0 Å². The predicted molar refractivity (Wildman–Crippen MR) is 49.3 cm³/mol. The lowest BCUT2D eigenvalue weighted by Crippen LogP contribution is -1.77. The van der Waals surface area contributed by atoms with E-state index >= 15 is 0 Å². The van der Waals surface area contributed by atoms with E-state index in [0.29, 0.717) is 0 Å². The van der Waals surface area contributed by atoms with Gasteiger partial charge in [-0.05, 0) is 12.1 Å². The maximum Gasteiger partial charge on any atom is 0.133 e. The van der Waals surface area contributed by atoms with E-state index in [-0.39, 0.29) is 0 Å². The van der Waals surface area contributed by atoms with Gasteiger partial charge < -0.3 is 4.52 Å². The maximum absolute atomic E-state index is 4.88. The molecule has 2 heterocycles. The molecule has 1 aromatic carbocycles. The van der Waals surface area contributed by atoms with Crippen LogP contribution in [0.25, 0.3) is 21.8 Å². The molecule has 0 saturated carbocycles. The van der Waals surface area contributed by atoms with Crippen LogP contribution in [0.2, 0.25) is 0 Å². The van der Waals surface area contributed by atoms with Gasteiger partial charge in [-0.3, -0.25) is 4.98 Å². The molecule has 0 fully saturated rings. The number of fused-ring (bicyclic) bond motifs is 3. The molecule has 62 valence electrons. The Morgan fingerprint density at radius 2 is 2.15 bits per heavy atom. The Morgan fingerprint density at radius 1 is 1.15 bits per heavy atom. The first-order valence-electron chi connectivity index (χ1n) is 4.03. The van der Waals surface area contributed by atoms with Crippen molar-refractivity contribution in [1.29, 1.82) is 0 Å². The fraction of sp³-hybridized carbons (Fsp3) is 0. The zero-order valence-electron chi connectivity index (χ0n) is 6.77. The third kappa shape index (κ3) is 0.839. The molecule has 3 aromatic rings. The molecular formula is C10H6N2O. The van der Waals surface area contributed by atoms with Crippen molar-refractivity contribution >= 4 is 21.8 Å². The van der Waals surface area contributed by atoms with Gasteiger partial charge >= 0.3 is 0 Å².